The number of hydrogen-bond donors (Lipinski definition) is 1. The fraction of sp³-hybridized carbons (Fsp3) is 0.294. The van der Waals surface area contributed by atoms with Gasteiger partial charge in [-0.25, -0.2) is 9.78 Å². The predicted molar refractivity (Wildman–Crippen MR) is 94.6 cm³/mol. The Morgan fingerprint density at radius 1 is 1.33 bits per heavy atom. The number of carbonyl (C=O) groups is 1. The maximum absolute atomic E-state index is 12.4. The third kappa shape index (κ3) is 3.97. The van der Waals surface area contributed by atoms with Crippen LogP contribution in [0.2, 0.25) is 0 Å². The lowest BCUT2D eigenvalue weighted by Gasteiger charge is -2.18. The van der Waals surface area contributed by atoms with E-state index >= 15 is 0 Å². The van der Waals surface area contributed by atoms with E-state index in [9.17, 15) is 4.79 Å². The van der Waals surface area contributed by atoms with Crippen LogP contribution in [0.3, 0.4) is 0 Å². The summed E-state index contributed by atoms with van der Waals surface area (Å²) in [4.78, 5) is 18.3. The zero-order valence-electron chi connectivity index (χ0n) is 13.2. The lowest BCUT2D eigenvalue weighted by molar-refractivity contribution is 0.190. The number of nitrogens with one attached hydrogen (secondary N) is 1. The van der Waals surface area contributed by atoms with Crippen LogP contribution < -0.4 is 14.8 Å². The highest BCUT2D eigenvalue weighted by molar-refractivity contribution is 9.10. The molecule has 126 valence electrons. The number of likely N-dealkylation sites (tertiary alicyclic amines) is 1. The number of nitrogens with zero attached hydrogens (tertiary/aromatic N) is 2. The van der Waals surface area contributed by atoms with E-state index in [0.29, 0.717) is 30.4 Å². The Bertz CT molecular complexity index is 708. The van der Waals surface area contributed by atoms with Gasteiger partial charge in [0.25, 0.3) is 0 Å². The Kier molecular flexibility index (Phi) is 5.20. The van der Waals surface area contributed by atoms with E-state index in [0.717, 1.165) is 10.9 Å². The van der Waals surface area contributed by atoms with Crippen LogP contribution in [0.5, 0.6) is 11.6 Å². The lowest BCUT2D eigenvalue weighted by Crippen LogP contribution is -2.34. The zero-order valence-corrected chi connectivity index (χ0v) is 14.8. The number of hydrogen-bond acceptors (Lipinski definition) is 4. The number of para-hydroxylation sites is 2. The van der Waals surface area contributed by atoms with Crippen molar-refractivity contribution in [3.05, 3.63) is 47.1 Å². The van der Waals surface area contributed by atoms with E-state index in [2.05, 4.69) is 26.2 Å². The van der Waals surface area contributed by atoms with Crippen molar-refractivity contribution in [3.8, 4) is 11.6 Å². The number of benzene rings is 1. The number of methoxy groups -OCH3 is 1. The van der Waals surface area contributed by atoms with Gasteiger partial charge in [-0.2, -0.15) is 0 Å². The van der Waals surface area contributed by atoms with Crippen molar-refractivity contribution < 1.29 is 14.3 Å². The molecule has 1 atom stereocenters. The normalized spacial score (nSPS) is 16.8. The number of pyridine rings is 1. The van der Waals surface area contributed by atoms with Crippen LogP contribution in [0.25, 0.3) is 0 Å². The maximum Gasteiger partial charge on any atom is 0.322 e. The van der Waals surface area contributed by atoms with Gasteiger partial charge < -0.3 is 19.7 Å². The highest BCUT2D eigenvalue weighted by Gasteiger charge is 2.28. The van der Waals surface area contributed by atoms with Crippen LogP contribution in [0.4, 0.5) is 10.5 Å². The van der Waals surface area contributed by atoms with E-state index < -0.39 is 0 Å². The third-order valence-corrected chi connectivity index (χ3v) is 4.24. The minimum Gasteiger partial charge on any atom is -0.495 e. The van der Waals surface area contributed by atoms with Crippen LogP contribution in [0.15, 0.2) is 47.1 Å². The highest BCUT2D eigenvalue weighted by atomic mass is 79.9. The Morgan fingerprint density at radius 2 is 2.17 bits per heavy atom. The van der Waals surface area contributed by atoms with Gasteiger partial charge in [-0.05, 0) is 34.1 Å². The highest BCUT2D eigenvalue weighted by Crippen LogP contribution is 2.24. The monoisotopic (exact) mass is 391 g/mol. The van der Waals surface area contributed by atoms with Crippen molar-refractivity contribution in [3.63, 3.8) is 0 Å². The molecule has 24 heavy (non-hydrogen) atoms. The fourth-order valence-electron chi connectivity index (χ4n) is 2.55. The number of anilines is 1. The van der Waals surface area contributed by atoms with Crippen LogP contribution in [0, 0.1) is 0 Å². The summed E-state index contributed by atoms with van der Waals surface area (Å²) in [6.07, 6.45) is 2.41. The number of aromatic nitrogens is 1. The number of halogens is 1. The van der Waals surface area contributed by atoms with Gasteiger partial charge in [-0.15, -0.1) is 0 Å². The number of urea groups is 1. The van der Waals surface area contributed by atoms with E-state index in [1.54, 1.807) is 18.2 Å². The van der Waals surface area contributed by atoms with Crippen molar-refractivity contribution in [2.75, 3.05) is 25.5 Å². The maximum atomic E-state index is 12.4. The molecule has 0 bridgehead atoms. The number of carbonyl (C=O) groups excluding carboxylic acids is 1. The Morgan fingerprint density at radius 3 is 2.92 bits per heavy atom. The lowest BCUT2D eigenvalue weighted by atomic mass is 10.3. The summed E-state index contributed by atoms with van der Waals surface area (Å²) in [5.41, 5.74) is 0.656. The number of amides is 2. The number of ether oxygens (including phenoxy) is 2. The zero-order chi connectivity index (χ0) is 16.9. The molecule has 0 radical (unpaired) electrons. The van der Waals surface area contributed by atoms with Gasteiger partial charge in [0.1, 0.15) is 11.9 Å². The van der Waals surface area contributed by atoms with Crippen molar-refractivity contribution in [1.82, 2.24) is 9.88 Å². The molecule has 1 N–H and O–H groups in total. The Labute approximate surface area is 148 Å². The van der Waals surface area contributed by atoms with Crippen LogP contribution >= 0.6 is 15.9 Å². The molecule has 1 aliphatic heterocycles. The predicted octanol–water partition coefficient (Wildman–Crippen LogP) is 3.54. The first-order chi connectivity index (χ1) is 11.7. The first-order valence-corrected chi connectivity index (χ1v) is 8.42. The molecule has 1 aromatic carbocycles. The molecule has 0 spiro atoms. The molecule has 1 saturated heterocycles. The van der Waals surface area contributed by atoms with Crippen LogP contribution in [-0.4, -0.2) is 42.2 Å². The smallest absolute Gasteiger partial charge is 0.322 e. The molecule has 0 unspecified atom stereocenters. The average molecular weight is 392 g/mol. The second-order valence-electron chi connectivity index (χ2n) is 5.42. The molecule has 2 heterocycles. The van der Waals surface area contributed by atoms with E-state index in [1.165, 1.54) is 0 Å². The van der Waals surface area contributed by atoms with Gasteiger partial charge in [-0.3, -0.25) is 0 Å². The molecule has 3 rings (SSSR count). The summed E-state index contributed by atoms with van der Waals surface area (Å²) in [7, 11) is 1.58. The molecule has 1 aliphatic rings. The van der Waals surface area contributed by atoms with Gasteiger partial charge in [0.05, 0.1) is 19.3 Å². The molecule has 2 amide bonds. The summed E-state index contributed by atoms with van der Waals surface area (Å²) in [6.45, 7) is 1.17. The Hall–Kier alpha value is -2.28. The van der Waals surface area contributed by atoms with Crippen molar-refractivity contribution >= 4 is 27.6 Å². The van der Waals surface area contributed by atoms with Crippen molar-refractivity contribution in [2.45, 2.75) is 12.5 Å². The van der Waals surface area contributed by atoms with Gasteiger partial charge in [-0.1, -0.05) is 12.1 Å². The summed E-state index contributed by atoms with van der Waals surface area (Å²) >= 11 is 3.34. The molecule has 1 fully saturated rings. The van der Waals surface area contributed by atoms with E-state index in [-0.39, 0.29) is 12.1 Å². The molecule has 1 aromatic heterocycles. The third-order valence-electron chi connectivity index (χ3n) is 3.77. The van der Waals surface area contributed by atoms with E-state index in [4.69, 9.17) is 9.47 Å². The molecule has 2 aromatic rings. The minimum atomic E-state index is -0.158. The molecular formula is C17H18BrN3O3. The summed E-state index contributed by atoms with van der Waals surface area (Å²) < 4.78 is 12.0. The number of rotatable bonds is 4. The van der Waals surface area contributed by atoms with Gasteiger partial charge in [0.15, 0.2) is 0 Å². The van der Waals surface area contributed by atoms with Gasteiger partial charge in [0, 0.05) is 29.7 Å². The second-order valence-corrected chi connectivity index (χ2v) is 6.34. The standard InChI is InChI=1S/C17H18BrN3O3/c1-23-15-5-3-2-4-14(15)20-17(22)21-9-8-13(11-21)24-16-7-6-12(18)10-19-16/h2-7,10,13H,8-9,11H2,1H3,(H,20,22)/t13-/m0/s1. The Balaban J connectivity index is 1.56. The fourth-order valence-corrected chi connectivity index (χ4v) is 2.79. The quantitative estimate of drug-likeness (QED) is 0.865. The largest absolute Gasteiger partial charge is 0.495 e. The second kappa shape index (κ2) is 7.53. The SMILES string of the molecule is COc1ccccc1NC(=O)N1CC[C@H](Oc2ccc(Br)cn2)C1. The van der Waals surface area contributed by atoms with Crippen LogP contribution in [0.1, 0.15) is 6.42 Å². The van der Waals surface area contributed by atoms with Crippen molar-refractivity contribution in [2.24, 2.45) is 0 Å². The van der Waals surface area contributed by atoms with Crippen LogP contribution in [-0.2, 0) is 0 Å². The van der Waals surface area contributed by atoms with Gasteiger partial charge >= 0.3 is 6.03 Å². The minimum absolute atomic E-state index is 0.0536. The first-order valence-electron chi connectivity index (χ1n) is 7.63. The molecular weight excluding hydrogens is 374 g/mol. The molecule has 6 nitrogen and oxygen atoms in total. The topological polar surface area (TPSA) is 63.7 Å². The molecule has 7 heteroatoms. The summed E-state index contributed by atoms with van der Waals surface area (Å²) in [6, 6.07) is 10.9. The first kappa shape index (κ1) is 16.6. The average Bonchev–Trinajstić information content (AvgIpc) is 3.06. The van der Waals surface area contributed by atoms with Gasteiger partial charge in [0.2, 0.25) is 5.88 Å². The van der Waals surface area contributed by atoms with E-state index in [1.807, 2.05) is 36.4 Å². The van der Waals surface area contributed by atoms with Crippen molar-refractivity contribution in [1.29, 1.82) is 0 Å². The molecule has 0 aliphatic carbocycles. The molecule has 0 saturated carbocycles. The summed E-state index contributed by atoms with van der Waals surface area (Å²) in [5.74, 6) is 1.20. The summed E-state index contributed by atoms with van der Waals surface area (Å²) in [5, 5.41) is 2.88.